The minimum Gasteiger partial charge on any atom is -0.435 e. The van der Waals surface area contributed by atoms with E-state index in [9.17, 15) is 19.5 Å². The van der Waals surface area contributed by atoms with E-state index >= 15 is 0 Å². The molecule has 0 saturated carbocycles. The molecular weight excluding hydrogens is 328 g/mol. The molecule has 2 unspecified atom stereocenters. The van der Waals surface area contributed by atoms with Gasteiger partial charge in [0.15, 0.2) is 0 Å². The van der Waals surface area contributed by atoms with Gasteiger partial charge in [0.25, 0.3) is 0 Å². The smallest absolute Gasteiger partial charge is 0.435 e. The lowest BCUT2D eigenvalue weighted by Gasteiger charge is -2.40. The number of aliphatic hydroxyl groups excluding tert-OH is 1. The van der Waals surface area contributed by atoms with Gasteiger partial charge in [-0.05, 0) is 6.92 Å². The maximum Gasteiger partial charge on any atom is 0.511 e. The molecule has 0 radical (unpaired) electrons. The van der Waals surface area contributed by atoms with Crippen LogP contribution in [0.4, 0.5) is 4.79 Å². The first-order chi connectivity index (χ1) is 10.9. The molecule has 0 aromatic heterocycles. The van der Waals surface area contributed by atoms with Gasteiger partial charge in [-0.15, -0.1) is 11.8 Å². The third-order valence-electron chi connectivity index (χ3n) is 3.72. The molecule has 2 aliphatic heterocycles. The van der Waals surface area contributed by atoms with Gasteiger partial charge < -0.3 is 30.0 Å². The number of fused-ring (bicyclic) bond motifs is 1. The van der Waals surface area contributed by atoms with Crippen LogP contribution in [-0.2, 0) is 23.8 Å². The Balaban J connectivity index is 1.97. The number of esters is 1. The van der Waals surface area contributed by atoms with E-state index in [-0.39, 0.29) is 37.6 Å². The predicted octanol–water partition coefficient (Wildman–Crippen LogP) is -0.730. The molecule has 0 aromatic rings. The Hall–Kier alpha value is -1.52. The van der Waals surface area contributed by atoms with Crippen molar-refractivity contribution in [3.05, 3.63) is 0 Å². The molecule has 3 N–H and O–H groups in total. The zero-order valence-corrected chi connectivity index (χ0v) is 13.7. The fourth-order valence-corrected chi connectivity index (χ4v) is 4.09. The summed E-state index contributed by atoms with van der Waals surface area (Å²) in [6, 6.07) is 0. The molecule has 2 rings (SSSR count). The predicted molar refractivity (Wildman–Crippen MR) is 79.1 cm³/mol. The summed E-state index contributed by atoms with van der Waals surface area (Å²) in [6.45, 7) is 2.94. The third kappa shape index (κ3) is 3.24. The Morgan fingerprint density at radius 1 is 1.52 bits per heavy atom. The Morgan fingerprint density at radius 3 is 2.78 bits per heavy atom. The molecule has 2 aliphatic rings. The molecule has 130 valence electrons. The number of nitrogens with two attached hydrogens (primary N) is 1. The van der Waals surface area contributed by atoms with Crippen molar-refractivity contribution in [1.82, 2.24) is 4.90 Å². The summed E-state index contributed by atoms with van der Waals surface area (Å²) in [6.07, 6.45) is -2.07. The van der Waals surface area contributed by atoms with Crippen molar-refractivity contribution in [2.45, 2.75) is 30.3 Å². The minimum absolute atomic E-state index is 0.0406. The minimum atomic E-state index is -1.14. The second kappa shape index (κ2) is 6.93. The van der Waals surface area contributed by atoms with Crippen LogP contribution < -0.4 is 5.73 Å². The Morgan fingerprint density at radius 2 is 2.22 bits per heavy atom. The first kappa shape index (κ1) is 17.8. The zero-order valence-electron chi connectivity index (χ0n) is 12.9. The lowest BCUT2D eigenvalue weighted by molar-refractivity contribution is -0.171. The first-order valence-electron chi connectivity index (χ1n) is 7.22. The number of thioether (sulfide) groups is 1. The van der Waals surface area contributed by atoms with Crippen LogP contribution in [0.2, 0.25) is 0 Å². The van der Waals surface area contributed by atoms with Crippen molar-refractivity contribution in [2.75, 3.05) is 26.3 Å². The third-order valence-corrected chi connectivity index (χ3v) is 5.46. The molecule has 1 amide bonds. The summed E-state index contributed by atoms with van der Waals surface area (Å²) in [5.41, 5.74) is 5.72. The lowest BCUT2D eigenvalue weighted by atomic mass is 9.97. The van der Waals surface area contributed by atoms with Crippen molar-refractivity contribution in [3.63, 3.8) is 0 Å². The molecule has 2 fully saturated rings. The number of carbonyl (C=O) groups excluding carboxylic acids is 3. The summed E-state index contributed by atoms with van der Waals surface area (Å²) >= 11 is 1.20. The summed E-state index contributed by atoms with van der Waals surface area (Å²) in [4.78, 5) is 36.9. The molecule has 10 heteroatoms. The molecule has 0 aromatic carbocycles. The van der Waals surface area contributed by atoms with Crippen molar-refractivity contribution >= 4 is 29.8 Å². The SMILES string of the molecule is CCOC(=O)OC(C)OC(=O)C1(CN)CN2C(=O)[C@H](CO)[C@H]2S1. The highest BCUT2D eigenvalue weighted by Gasteiger charge is 2.61. The average Bonchev–Trinajstić information content (AvgIpc) is 2.84. The number of nitrogens with zero attached hydrogens (tertiary/aromatic N) is 1. The number of carbonyl (C=O) groups is 3. The lowest BCUT2D eigenvalue weighted by Crippen LogP contribution is -2.58. The van der Waals surface area contributed by atoms with Crippen LogP contribution in [0.25, 0.3) is 0 Å². The highest BCUT2D eigenvalue weighted by molar-refractivity contribution is 8.02. The second-order valence-corrected chi connectivity index (χ2v) is 6.74. The van der Waals surface area contributed by atoms with Crippen molar-refractivity contribution < 1.29 is 33.7 Å². The van der Waals surface area contributed by atoms with E-state index in [1.165, 1.54) is 23.6 Å². The fourth-order valence-electron chi connectivity index (χ4n) is 2.50. The van der Waals surface area contributed by atoms with E-state index in [1.54, 1.807) is 6.92 Å². The van der Waals surface area contributed by atoms with Gasteiger partial charge in [0.2, 0.25) is 12.2 Å². The van der Waals surface area contributed by atoms with Gasteiger partial charge in [-0.2, -0.15) is 0 Å². The van der Waals surface area contributed by atoms with E-state index in [1.807, 2.05) is 0 Å². The second-order valence-electron chi connectivity index (χ2n) is 5.24. The number of hydrogen-bond donors (Lipinski definition) is 2. The zero-order chi connectivity index (χ0) is 17.2. The fraction of sp³-hybridized carbons (Fsp3) is 0.769. The summed E-state index contributed by atoms with van der Waals surface area (Å²) < 4.78 is 13.3. The van der Waals surface area contributed by atoms with Gasteiger partial charge >= 0.3 is 12.1 Å². The van der Waals surface area contributed by atoms with Crippen LogP contribution in [0.5, 0.6) is 0 Å². The van der Waals surface area contributed by atoms with Gasteiger partial charge in [0.05, 0.1) is 24.5 Å². The van der Waals surface area contributed by atoms with E-state index in [2.05, 4.69) is 4.74 Å². The normalized spacial score (nSPS) is 30.3. The van der Waals surface area contributed by atoms with Gasteiger partial charge in [-0.3, -0.25) is 9.59 Å². The van der Waals surface area contributed by atoms with E-state index in [0.717, 1.165) is 0 Å². The number of rotatable bonds is 6. The van der Waals surface area contributed by atoms with Crippen LogP contribution in [0.15, 0.2) is 0 Å². The molecular formula is C13H20N2O7S. The molecule has 0 aliphatic carbocycles. The maximum atomic E-state index is 12.4. The van der Waals surface area contributed by atoms with Gasteiger partial charge in [-0.25, -0.2) is 4.79 Å². The van der Waals surface area contributed by atoms with E-state index in [0.29, 0.717) is 0 Å². The summed E-state index contributed by atoms with van der Waals surface area (Å²) in [7, 11) is 0. The molecule has 2 saturated heterocycles. The van der Waals surface area contributed by atoms with Crippen LogP contribution in [0.1, 0.15) is 13.8 Å². The largest absolute Gasteiger partial charge is 0.511 e. The highest BCUT2D eigenvalue weighted by atomic mass is 32.2. The number of ether oxygens (including phenoxy) is 3. The van der Waals surface area contributed by atoms with Gasteiger partial charge in [-0.1, -0.05) is 0 Å². The molecule has 0 spiro atoms. The Bertz CT molecular complexity index is 503. The molecule has 23 heavy (non-hydrogen) atoms. The van der Waals surface area contributed by atoms with Crippen LogP contribution in [-0.4, -0.2) is 70.8 Å². The molecule has 9 nitrogen and oxygen atoms in total. The molecule has 2 heterocycles. The molecule has 0 bridgehead atoms. The van der Waals surface area contributed by atoms with Crippen molar-refractivity contribution in [2.24, 2.45) is 11.7 Å². The van der Waals surface area contributed by atoms with Crippen molar-refractivity contribution in [3.8, 4) is 0 Å². The number of amides is 1. The standard InChI is InChI=1S/C13H20N2O7S/c1-3-20-12(19)22-7(2)21-11(18)13(5-14)6-15-9(17)8(4-16)10(15)23-13/h7-8,10,16H,3-6,14H2,1-2H3/t7?,8-,10+,13?/m0/s1. The summed E-state index contributed by atoms with van der Waals surface area (Å²) in [5.74, 6) is -1.39. The van der Waals surface area contributed by atoms with Crippen molar-refractivity contribution in [1.29, 1.82) is 0 Å². The maximum absolute atomic E-state index is 12.4. The van der Waals surface area contributed by atoms with Gasteiger partial charge in [0.1, 0.15) is 4.75 Å². The first-order valence-corrected chi connectivity index (χ1v) is 8.10. The topological polar surface area (TPSA) is 128 Å². The van der Waals surface area contributed by atoms with Crippen LogP contribution in [0.3, 0.4) is 0 Å². The number of β-lactam (4-membered cyclic amide) rings is 1. The Kier molecular flexibility index (Phi) is 5.37. The number of hydrogen-bond acceptors (Lipinski definition) is 9. The number of aliphatic hydroxyl groups is 1. The van der Waals surface area contributed by atoms with Gasteiger partial charge in [0, 0.05) is 20.0 Å². The van der Waals surface area contributed by atoms with E-state index in [4.69, 9.17) is 15.2 Å². The quantitative estimate of drug-likeness (QED) is 0.362. The van der Waals surface area contributed by atoms with E-state index < -0.39 is 29.1 Å². The summed E-state index contributed by atoms with van der Waals surface area (Å²) in [5, 5.41) is 8.91. The Labute approximate surface area is 137 Å². The highest BCUT2D eigenvalue weighted by Crippen LogP contribution is 2.49. The van der Waals surface area contributed by atoms with Crippen LogP contribution in [0, 0.1) is 5.92 Å². The molecule has 4 atom stereocenters. The van der Waals surface area contributed by atoms with Crippen LogP contribution >= 0.6 is 11.8 Å². The monoisotopic (exact) mass is 348 g/mol. The average molecular weight is 348 g/mol.